The third kappa shape index (κ3) is 5.14. The summed E-state index contributed by atoms with van der Waals surface area (Å²) >= 11 is 6.10. The van der Waals surface area contributed by atoms with Gasteiger partial charge < -0.3 is 20.4 Å². The zero-order chi connectivity index (χ0) is 19.9. The van der Waals surface area contributed by atoms with E-state index in [0.29, 0.717) is 29.8 Å². The van der Waals surface area contributed by atoms with Crippen LogP contribution in [0.3, 0.4) is 0 Å². The largest absolute Gasteiger partial charge is 0.495 e. The Kier molecular flexibility index (Phi) is 6.34. The van der Waals surface area contributed by atoms with Crippen molar-refractivity contribution in [2.24, 2.45) is 10.7 Å². The van der Waals surface area contributed by atoms with E-state index in [-0.39, 0.29) is 5.56 Å². The molecule has 2 aromatic carbocycles. The maximum Gasteiger partial charge on any atom is 0.250 e. The molecule has 0 saturated carbocycles. The van der Waals surface area contributed by atoms with Crippen molar-refractivity contribution in [1.29, 1.82) is 0 Å². The molecule has 144 valence electrons. The summed E-state index contributed by atoms with van der Waals surface area (Å²) in [6, 6.07) is 18.3. The third-order valence-electron chi connectivity index (χ3n) is 4.13. The number of nitrogens with two attached hydrogens (primary N) is 1. The number of aromatic nitrogens is 1. The average molecular weight is 397 g/mol. The Morgan fingerprint density at radius 3 is 2.57 bits per heavy atom. The minimum absolute atomic E-state index is 0.0198. The lowest BCUT2D eigenvalue weighted by Crippen LogP contribution is -2.22. The Morgan fingerprint density at radius 2 is 1.89 bits per heavy atom. The zero-order valence-corrected chi connectivity index (χ0v) is 16.2. The van der Waals surface area contributed by atoms with Crippen molar-refractivity contribution in [2.45, 2.75) is 13.1 Å². The number of methoxy groups -OCH3 is 1. The van der Waals surface area contributed by atoms with E-state index in [9.17, 15) is 4.79 Å². The molecule has 0 amide bonds. The van der Waals surface area contributed by atoms with Crippen molar-refractivity contribution >= 4 is 23.2 Å². The predicted octanol–water partition coefficient (Wildman–Crippen LogP) is 3.49. The number of rotatable bonds is 6. The van der Waals surface area contributed by atoms with Crippen LogP contribution < -0.4 is 21.3 Å². The molecule has 0 aliphatic carbocycles. The SMILES string of the molecule is COc1ccc(NC(N)=NCc2ccc(Cn3ccccc3=O)cc2)cc1Cl. The highest BCUT2D eigenvalue weighted by Gasteiger charge is 2.03. The Balaban J connectivity index is 1.60. The molecule has 0 radical (unpaired) electrons. The molecule has 0 bridgehead atoms. The summed E-state index contributed by atoms with van der Waals surface area (Å²) in [5.41, 5.74) is 8.72. The molecule has 3 rings (SSSR count). The van der Waals surface area contributed by atoms with Gasteiger partial charge in [0.05, 0.1) is 25.2 Å². The molecule has 1 heterocycles. The van der Waals surface area contributed by atoms with E-state index in [1.807, 2.05) is 36.4 Å². The van der Waals surface area contributed by atoms with Crippen LogP contribution in [-0.4, -0.2) is 17.6 Å². The lowest BCUT2D eigenvalue weighted by atomic mass is 10.1. The molecule has 28 heavy (non-hydrogen) atoms. The Bertz CT molecular complexity index is 1030. The monoisotopic (exact) mass is 396 g/mol. The van der Waals surface area contributed by atoms with Gasteiger partial charge in [0.25, 0.3) is 5.56 Å². The van der Waals surface area contributed by atoms with Crippen LogP contribution in [0.2, 0.25) is 5.02 Å². The van der Waals surface area contributed by atoms with Gasteiger partial charge in [0, 0.05) is 18.0 Å². The molecule has 7 heteroatoms. The second-order valence-electron chi connectivity index (χ2n) is 6.16. The minimum atomic E-state index is -0.0198. The van der Waals surface area contributed by atoms with Crippen molar-refractivity contribution in [3.63, 3.8) is 0 Å². The summed E-state index contributed by atoms with van der Waals surface area (Å²) < 4.78 is 6.79. The lowest BCUT2D eigenvalue weighted by molar-refractivity contribution is 0.415. The molecular weight excluding hydrogens is 376 g/mol. The summed E-state index contributed by atoms with van der Waals surface area (Å²) in [6.07, 6.45) is 1.78. The van der Waals surface area contributed by atoms with E-state index in [1.54, 1.807) is 42.1 Å². The maximum absolute atomic E-state index is 11.8. The van der Waals surface area contributed by atoms with Gasteiger partial charge in [-0.15, -0.1) is 0 Å². The quantitative estimate of drug-likeness (QED) is 0.493. The molecule has 0 saturated heterocycles. The smallest absolute Gasteiger partial charge is 0.250 e. The van der Waals surface area contributed by atoms with Gasteiger partial charge in [-0.2, -0.15) is 0 Å². The van der Waals surface area contributed by atoms with Crippen LogP contribution in [0, 0.1) is 0 Å². The first-order valence-corrected chi connectivity index (χ1v) is 9.07. The summed E-state index contributed by atoms with van der Waals surface area (Å²) in [5, 5.41) is 3.50. The first kappa shape index (κ1) is 19.5. The van der Waals surface area contributed by atoms with Crippen molar-refractivity contribution in [2.75, 3.05) is 12.4 Å². The molecule has 0 aliphatic rings. The van der Waals surface area contributed by atoms with Crippen LogP contribution in [0.25, 0.3) is 0 Å². The van der Waals surface area contributed by atoms with Gasteiger partial charge in [-0.1, -0.05) is 41.9 Å². The topological polar surface area (TPSA) is 81.6 Å². The maximum atomic E-state index is 11.8. The van der Waals surface area contributed by atoms with E-state index < -0.39 is 0 Å². The van der Waals surface area contributed by atoms with Gasteiger partial charge in [-0.05, 0) is 35.4 Å². The number of halogens is 1. The van der Waals surface area contributed by atoms with Gasteiger partial charge in [0.1, 0.15) is 5.75 Å². The summed E-state index contributed by atoms with van der Waals surface area (Å²) in [6.45, 7) is 0.972. The predicted molar refractivity (Wildman–Crippen MR) is 113 cm³/mol. The summed E-state index contributed by atoms with van der Waals surface area (Å²) in [5.74, 6) is 0.890. The number of hydrogen-bond donors (Lipinski definition) is 2. The summed E-state index contributed by atoms with van der Waals surface area (Å²) in [4.78, 5) is 16.1. The molecule has 0 aliphatic heterocycles. The normalized spacial score (nSPS) is 11.3. The molecule has 0 unspecified atom stereocenters. The first-order chi connectivity index (χ1) is 13.5. The van der Waals surface area contributed by atoms with E-state index in [0.717, 1.165) is 16.8 Å². The minimum Gasteiger partial charge on any atom is -0.495 e. The molecular formula is C21H21ClN4O2. The number of aliphatic imine (C=N–C) groups is 1. The standard InChI is InChI=1S/C21H21ClN4O2/c1-28-19-10-9-17(12-18(19)22)25-21(23)24-13-15-5-7-16(8-6-15)14-26-11-3-2-4-20(26)27/h2-12H,13-14H2,1H3,(H3,23,24,25). The number of nitrogens with zero attached hydrogens (tertiary/aromatic N) is 2. The van der Waals surface area contributed by atoms with E-state index in [2.05, 4.69) is 10.3 Å². The molecule has 6 nitrogen and oxygen atoms in total. The van der Waals surface area contributed by atoms with Crippen LogP contribution in [0.1, 0.15) is 11.1 Å². The van der Waals surface area contributed by atoms with Gasteiger partial charge in [0.15, 0.2) is 5.96 Å². The Morgan fingerprint density at radius 1 is 1.14 bits per heavy atom. The number of ether oxygens (including phenoxy) is 1. The second-order valence-corrected chi connectivity index (χ2v) is 6.57. The Labute approximate surface area is 168 Å². The zero-order valence-electron chi connectivity index (χ0n) is 15.4. The molecule has 1 aromatic heterocycles. The van der Waals surface area contributed by atoms with E-state index in [1.165, 1.54) is 0 Å². The number of guanidine groups is 1. The number of hydrogen-bond acceptors (Lipinski definition) is 3. The number of pyridine rings is 1. The number of anilines is 1. The summed E-state index contributed by atoms with van der Waals surface area (Å²) in [7, 11) is 1.56. The highest BCUT2D eigenvalue weighted by atomic mass is 35.5. The van der Waals surface area contributed by atoms with Crippen LogP contribution in [0.5, 0.6) is 5.75 Å². The fourth-order valence-corrected chi connectivity index (χ4v) is 2.90. The highest BCUT2D eigenvalue weighted by Crippen LogP contribution is 2.27. The van der Waals surface area contributed by atoms with Gasteiger partial charge in [-0.3, -0.25) is 4.79 Å². The van der Waals surface area contributed by atoms with E-state index >= 15 is 0 Å². The first-order valence-electron chi connectivity index (χ1n) is 8.69. The molecule has 0 fully saturated rings. The second kappa shape index (κ2) is 9.10. The van der Waals surface area contributed by atoms with Crippen molar-refractivity contribution in [3.8, 4) is 5.75 Å². The van der Waals surface area contributed by atoms with Crippen LogP contribution in [-0.2, 0) is 13.1 Å². The molecule has 3 N–H and O–H groups in total. The molecule has 0 atom stereocenters. The number of nitrogens with one attached hydrogen (secondary N) is 1. The van der Waals surface area contributed by atoms with Crippen LogP contribution >= 0.6 is 11.6 Å². The Hall–Kier alpha value is -3.25. The average Bonchev–Trinajstić information content (AvgIpc) is 2.69. The van der Waals surface area contributed by atoms with Gasteiger partial charge in [-0.25, -0.2) is 4.99 Å². The van der Waals surface area contributed by atoms with Crippen LogP contribution in [0.15, 0.2) is 76.6 Å². The molecule has 0 spiro atoms. The highest BCUT2D eigenvalue weighted by molar-refractivity contribution is 6.32. The lowest BCUT2D eigenvalue weighted by Gasteiger charge is -2.09. The third-order valence-corrected chi connectivity index (χ3v) is 4.43. The van der Waals surface area contributed by atoms with Crippen molar-refractivity contribution in [1.82, 2.24) is 4.57 Å². The van der Waals surface area contributed by atoms with Crippen LogP contribution in [0.4, 0.5) is 5.69 Å². The number of benzene rings is 2. The molecule has 3 aromatic rings. The van der Waals surface area contributed by atoms with Gasteiger partial charge in [0.2, 0.25) is 0 Å². The fraction of sp³-hybridized carbons (Fsp3) is 0.143. The van der Waals surface area contributed by atoms with E-state index in [4.69, 9.17) is 22.1 Å². The fourth-order valence-electron chi connectivity index (χ4n) is 2.65. The van der Waals surface area contributed by atoms with Crippen molar-refractivity contribution in [3.05, 3.63) is 93.4 Å². The van der Waals surface area contributed by atoms with Crippen molar-refractivity contribution < 1.29 is 4.74 Å². The van der Waals surface area contributed by atoms with Gasteiger partial charge >= 0.3 is 0 Å².